The summed E-state index contributed by atoms with van der Waals surface area (Å²) >= 11 is 0. The third kappa shape index (κ3) is 11.5. The zero-order valence-electron chi connectivity index (χ0n) is 24.0. The van der Waals surface area contributed by atoms with E-state index in [1.807, 2.05) is 75.4 Å². The lowest BCUT2D eigenvalue weighted by Gasteiger charge is -2.42. The maximum atomic E-state index is 13.3. The van der Waals surface area contributed by atoms with E-state index < -0.39 is 11.8 Å². The highest BCUT2D eigenvalue weighted by Crippen LogP contribution is 2.23. The number of methoxy groups -OCH3 is 1. The van der Waals surface area contributed by atoms with Crippen LogP contribution in [0, 0.1) is 0 Å². The maximum absolute atomic E-state index is 13.3. The second kappa shape index (κ2) is 16.5. The topological polar surface area (TPSA) is 98.7 Å². The second-order valence-electron chi connectivity index (χ2n) is 9.94. The molecule has 1 atom stereocenters. The molecule has 39 heavy (non-hydrogen) atoms. The van der Waals surface area contributed by atoms with Gasteiger partial charge in [0.05, 0.1) is 31.6 Å². The van der Waals surface area contributed by atoms with Gasteiger partial charge in [-0.05, 0) is 95.8 Å². The van der Waals surface area contributed by atoms with Gasteiger partial charge in [-0.2, -0.15) is 5.10 Å². The SMILES string of the molecule is COCC(C)N(C(=O)c1ccccc1)C(C)(C)OCCCCCOc1ccc(/C=N/NC(=O)OC(C)C)cc1. The fourth-order valence-electron chi connectivity index (χ4n) is 4.02. The molecule has 0 aliphatic carbocycles. The standard InChI is InChI=1S/C30H43N3O6/c1-23(2)39-29(35)32-31-21-25-15-17-27(18-16-25)37-19-11-8-12-20-38-30(4,5)33(24(3)22-36-6)28(34)26-13-9-7-10-14-26/h7,9-10,13-18,21,23-24H,8,11-12,19-20,22H2,1-6H3,(H,32,35)/b31-21+. The number of amides is 2. The van der Waals surface area contributed by atoms with Gasteiger partial charge in [0.1, 0.15) is 11.5 Å². The Labute approximate surface area is 232 Å². The molecular weight excluding hydrogens is 498 g/mol. The monoisotopic (exact) mass is 541 g/mol. The number of hydrogen-bond donors (Lipinski definition) is 1. The minimum atomic E-state index is -0.795. The van der Waals surface area contributed by atoms with Crippen LogP contribution in [0.1, 0.15) is 69.8 Å². The van der Waals surface area contributed by atoms with Crippen LogP contribution in [-0.2, 0) is 14.2 Å². The summed E-state index contributed by atoms with van der Waals surface area (Å²) in [5.74, 6) is 0.680. The number of unbranched alkanes of at least 4 members (excludes halogenated alkanes) is 2. The van der Waals surface area contributed by atoms with E-state index in [2.05, 4.69) is 10.5 Å². The molecule has 2 aromatic carbocycles. The van der Waals surface area contributed by atoms with Crippen molar-refractivity contribution in [3.63, 3.8) is 0 Å². The predicted molar refractivity (Wildman–Crippen MR) is 152 cm³/mol. The van der Waals surface area contributed by atoms with Crippen molar-refractivity contribution in [1.29, 1.82) is 0 Å². The molecule has 9 heteroatoms. The zero-order valence-corrected chi connectivity index (χ0v) is 24.0. The van der Waals surface area contributed by atoms with E-state index in [4.69, 9.17) is 18.9 Å². The summed E-state index contributed by atoms with van der Waals surface area (Å²) in [5.41, 5.74) is 2.97. The van der Waals surface area contributed by atoms with Crippen molar-refractivity contribution in [2.45, 2.75) is 71.8 Å². The minimum absolute atomic E-state index is 0.0827. The van der Waals surface area contributed by atoms with Crippen molar-refractivity contribution in [3.05, 3.63) is 65.7 Å². The van der Waals surface area contributed by atoms with Gasteiger partial charge in [-0.25, -0.2) is 10.2 Å². The summed E-state index contributed by atoms with van der Waals surface area (Å²) in [5, 5.41) is 3.87. The number of carbonyl (C=O) groups is 2. The van der Waals surface area contributed by atoms with Crippen molar-refractivity contribution < 1.29 is 28.5 Å². The van der Waals surface area contributed by atoms with Gasteiger partial charge < -0.3 is 23.8 Å². The Morgan fingerprint density at radius 1 is 0.974 bits per heavy atom. The molecule has 0 saturated heterocycles. The lowest BCUT2D eigenvalue weighted by molar-refractivity contribution is -0.132. The molecular formula is C30H43N3O6. The summed E-state index contributed by atoms with van der Waals surface area (Å²) in [4.78, 5) is 26.5. The van der Waals surface area contributed by atoms with E-state index in [0.29, 0.717) is 25.4 Å². The van der Waals surface area contributed by atoms with Gasteiger partial charge >= 0.3 is 6.09 Å². The first-order valence-electron chi connectivity index (χ1n) is 13.4. The van der Waals surface area contributed by atoms with E-state index in [1.165, 1.54) is 6.21 Å². The first kappa shape index (κ1) is 31.8. The number of carbonyl (C=O) groups excluding carboxylic acids is 2. The van der Waals surface area contributed by atoms with Crippen LogP contribution in [0.15, 0.2) is 59.7 Å². The molecule has 2 aromatic rings. The third-order valence-corrected chi connectivity index (χ3v) is 5.77. The Hall–Kier alpha value is -3.43. The predicted octanol–water partition coefficient (Wildman–Crippen LogP) is 5.63. The summed E-state index contributed by atoms with van der Waals surface area (Å²) < 4.78 is 22.3. The molecule has 1 unspecified atom stereocenters. The fourth-order valence-corrected chi connectivity index (χ4v) is 4.02. The summed E-state index contributed by atoms with van der Waals surface area (Å²) in [6.45, 7) is 10.9. The minimum Gasteiger partial charge on any atom is -0.494 e. The lowest BCUT2D eigenvalue weighted by atomic mass is 10.1. The van der Waals surface area contributed by atoms with Crippen LogP contribution in [0.25, 0.3) is 0 Å². The number of hydrogen-bond acceptors (Lipinski definition) is 7. The first-order valence-corrected chi connectivity index (χ1v) is 13.4. The number of nitrogens with zero attached hydrogens (tertiary/aromatic N) is 2. The third-order valence-electron chi connectivity index (χ3n) is 5.77. The van der Waals surface area contributed by atoms with Crippen LogP contribution < -0.4 is 10.2 Å². The average molecular weight is 542 g/mol. The summed E-state index contributed by atoms with van der Waals surface area (Å²) in [7, 11) is 1.63. The molecule has 1 N–H and O–H groups in total. The van der Waals surface area contributed by atoms with Crippen LogP contribution in [0.2, 0.25) is 0 Å². The smallest absolute Gasteiger partial charge is 0.427 e. The highest BCUT2D eigenvalue weighted by atomic mass is 16.6. The molecule has 2 amide bonds. The molecule has 0 fully saturated rings. The van der Waals surface area contributed by atoms with Crippen LogP contribution in [0.5, 0.6) is 5.75 Å². The molecule has 0 aliphatic rings. The van der Waals surface area contributed by atoms with Gasteiger partial charge in [-0.15, -0.1) is 0 Å². The zero-order chi connectivity index (χ0) is 28.7. The Morgan fingerprint density at radius 2 is 1.64 bits per heavy atom. The highest BCUT2D eigenvalue weighted by molar-refractivity contribution is 5.94. The Balaban J connectivity index is 1.73. The van der Waals surface area contributed by atoms with Crippen LogP contribution in [0.4, 0.5) is 4.79 Å². The van der Waals surface area contributed by atoms with Crippen LogP contribution in [0.3, 0.4) is 0 Å². The largest absolute Gasteiger partial charge is 0.494 e. The van der Waals surface area contributed by atoms with E-state index in [0.717, 1.165) is 30.6 Å². The highest BCUT2D eigenvalue weighted by Gasteiger charge is 2.36. The van der Waals surface area contributed by atoms with E-state index in [-0.39, 0.29) is 18.1 Å². The molecule has 0 bridgehead atoms. The molecule has 0 aromatic heterocycles. The van der Waals surface area contributed by atoms with Crippen molar-refractivity contribution >= 4 is 18.2 Å². The lowest BCUT2D eigenvalue weighted by Crippen LogP contribution is -2.55. The molecule has 2 rings (SSSR count). The van der Waals surface area contributed by atoms with Crippen LogP contribution in [-0.4, -0.2) is 67.9 Å². The molecule has 0 saturated carbocycles. The molecule has 0 aliphatic heterocycles. The van der Waals surface area contributed by atoms with Gasteiger partial charge in [0.2, 0.25) is 0 Å². The van der Waals surface area contributed by atoms with E-state index >= 15 is 0 Å². The maximum Gasteiger partial charge on any atom is 0.427 e. The second-order valence-corrected chi connectivity index (χ2v) is 9.94. The van der Waals surface area contributed by atoms with Crippen LogP contribution >= 0.6 is 0 Å². The number of hydrazone groups is 1. The number of nitrogens with one attached hydrogen (secondary N) is 1. The molecule has 0 heterocycles. The number of rotatable bonds is 16. The van der Waals surface area contributed by atoms with Crippen molar-refractivity contribution in [3.8, 4) is 5.75 Å². The Bertz CT molecular complexity index is 1020. The van der Waals surface area contributed by atoms with Crippen molar-refractivity contribution in [1.82, 2.24) is 10.3 Å². The van der Waals surface area contributed by atoms with Gasteiger partial charge in [-0.1, -0.05) is 18.2 Å². The molecule has 9 nitrogen and oxygen atoms in total. The first-order chi connectivity index (χ1) is 18.6. The van der Waals surface area contributed by atoms with Crippen molar-refractivity contribution in [2.24, 2.45) is 5.10 Å². The molecule has 0 radical (unpaired) electrons. The normalized spacial score (nSPS) is 12.4. The number of benzene rings is 2. The van der Waals surface area contributed by atoms with E-state index in [9.17, 15) is 9.59 Å². The Kier molecular flexibility index (Phi) is 13.5. The molecule has 0 spiro atoms. The summed E-state index contributed by atoms with van der Waals surface area (Å²) in [6, 6.07) is 16.5. The van der Waals surface area contributed by atoms with E-state index in [1.54, 1.807) is 25.9 Å². The summed E-state index contributed by atoms with van der Waals surface area (Å²) in [6.07, 6.45) is 3.40. The van der Waals surface area contributed by atoms with Gasteiger partial charge in [0.15, 0.2) is 0 Å². The number of ether oxygens (including phenoxy) is 4. The van der Waals surface area contributed by atoms with Crippen molar-refractivity contribution in [2.75, 3.05) is 26.9 Å². The average Bonchev–Trinajstić information content (AvgIpc) is 2.89. The fraction of sp³-hybridized carbons (Fsp3) is 0.500. The van der Waals surface area contributed by atoms with Gasteiger partial charge in [-0.3, -0.25) is 4.79 Å². The molecule has 214 valence electrons. The quantitative estimate of drug-likeness (QED) is 0.128. The van der Waals surface area contributed by atoms with Gasteiger partial charge in [0, 0.05) is 19.3 Å². The Morgan fingerprint density at radius 3 is 2.28 bits per heavy atom. The van der Waals surface area contributed by atoms with Gasteiger partial charge in [0.25, 0.3) is 5.91 Å².